The van der Waals surface area contributed by atoms with E-state index in [0.29, 0.717) is 16.7 Å². The second kappa shape index (κ2) is 10.9. The Morgan fingerprint density at radius 3 is 2.14 bits per heavy atom. The first-order chi connectivity index (χ1) is 19.9. The van der Waals surface area contributed by atoms with Gasteiger partial charge in [-0.2, -0.15) is 13.2 Å². The van der Waals surface area contributed by atoms with Crippen molar-refractivity contribution in [1.29, 1.82) is 0 Å². The maximum atomic E-state index is 14.0. The number of hydrogen-bond donors (Lipinski definition) is 2. The number of imidazole rings is 1. The van der Waals surface area contributed by atoms with Crippen molar-refractivity contribution in [3.63, 3.8) is 0 Å². The number of halogens is 4. The number of amides is 1. The summed E-state index contributed by atoms with van der Waals surface area (Å²) in [4.78, 5) is 42.5. The summed E-state index contributed by atoms with van der Waals surface area (Å²) in [6.45, 7) is 1.68. The number of benzene rings is 3. The smallest absolute Gasteiger partial charge is 0.416 e. The molecule has 0 bridgehead atoms. The highest BCUT2D eigenvalue weighted by atomic mass is 19.4. The third kappa shape index (κ3) is 5.62. The largest absolute Gasteiger partial charge is 0.478 e. The first kappa shape index (κ1) is 28.2. The van der Waals surface area contributed by atoms with E-state index in [2.05, 4.69) is 10.3 Å². The minimum atomic E-state index is -4.58. The summed E-state index contributed by atoms with van der Waals surface area (Å²) in [5.74, 6) is -2.90. The van der Waals surface area contributed by atoms with Crippen LogP contribution in [0.5, 0.6) is 0 Å². The first-order valence-electron chi connectivity index (χ1n) is 12.6. The van der Waals surface area contributed by atoms with Crippen molar-refractivity contribution in [2.75, 3.05) is 0 Å². The van der Waals surface area contributed by atoms with Crippen molar-refractivity contribution >= 4 is 23.3 Å². The third-order valence-electron chi connectivity index (χ3n) is 6.71. The molecule has 42 heavy (non-hydrogen) atoms. The zero-order chi connectivity index (χ0) is 30.2. The van der Waals surface area contributed by atoms with Gasteiger partial charge in [0, 0.05) is 5.56 Å². The fraction of sp³-hybridized carbons (Fsp3) is 0.0968. The molecule has 2 heterocycles. The number of ketones is 1. The number of nitrogens with zero attached hydrogens (tertiary/aromatic N) is 2. The SMILES string of the molecule is C[C@H](NC(=O)c1cc(-c2cccc(F)c2)cc2ncc(C(=O)c3ccc(C(F)(F)F)cc3)n12)c1ccc(C(=O)O)cc1. The summed E-state index contributed by atoms with van der Waals surface area (Å²) in [6.07, 6.45) is -3.36. The minimum absolute atomic E-state index is 0.0338. The van der Waals surface area contributed by atoms with Crippen LogP contribution in [0.1, 0.15) is 61.0 Å². The maximum absolute atomic E-state index is 14.0. The number of carboxylic acids is 1. The first-order valence-corrected chi connectivity index (χ1v) is 12.6. The lowest BCUT2D eigenvalue weighted by atomic mass is 10.0. The van der Waals surface area contributed by atoms with E-state index in [9.17, 15) is 31.9 Å². The number of pyridine rings is 1. The molecule has 0 aliphatic heterocycles. The molecule has 212 valence electrons. The van der Waals surface area contributed by atoms with Gasteiger partial charge in [0.15, 0.2) is 0 Å². The predicted octanol–water partition coefficient (Wildman–Crippen LogP) is 6.58. The van der Waals surface area contributed by atoms with Crippen LogP contribution < -0.4 is 5.32 Å². The molecule has 11 heteroatoms. The minimum Gasteiger partial charge on any atom is -0.478 e. The number of rotatable bonds is 7. The predicted molar refractivity (Wildman–Crippen MR) is 145 cm³/mol. The molecule has 0 spiro atoms. The van der Waals surface area contributed by atoms with Crippen LogP contribution in [0.15, 0.2) is 91.1 Å². The summed E-state index contributed by atoms with van der Waals surface area (Å²) in [5.41, 5.74) is 0.680. The lowest BCUT2D eigenvalue weighted by Crippen LogP contribution is -2.29. The number of carbonyl (C=O) groups excluding carboxylic acids is 2. The van der Waals surface area contributed by atoms with Gasteiger partial charge in [0.25, 0.3) is 5.91 Å². The van der Waals surface area contributed by atoms with E-state index >= 15 is 0 Å². The molecule has 1 atom stereocenters. The molecule has 0 fully saturated rings. The van der Waals surface area contributed by atoms with Gasteiger partial charge >= 0.3 is 12.1 Å². The lowest BCUT2D eigenvalue weighted by molar-refractivity contribution is -0.137. The standard InChI is InChI=1S/C31H21F4N3O4/c1-17(18-5-7-20(8-6-18)30(41)42)37-29(40)25-14-22(21-3-2-4-24(32)13-21)15-27-36-16-26(38(25)27)28(39)19-9-11-23(12-10-19)31(33,34)35/h2-17H,1H3,(H,37,40)(H,41,42)/t17-/m0/s1. The summed E-state index contributed by atoms with van der Waals surface area (Å²) < 4.78 is 54.4. The van der Waals surface area contributed by atoms with Crippen LogP contribution in [-0.4, -0.2) is 32.2 Å². The molecule has 0 saturated heterocycles. The van der Waals surface area contributed by atoms with Crippen molar-refractivity contribution in [3.8, 4) is 11.1 Å². The average Bonchev–Trinajstić information content (AvgIpc) is 3.40. The Kier molecular flexibility index (Phi) is 7.34. The van der Waals surface area contributed by atoms with E-state index in [1.54, 1.807) is 31.2 Å². The van der Waals surface area contributed by atoms with Crippen molar-refractivity contribution in [1.82, 2.24) is 14.7 Å². The fourth-order valence-corrected chi connectivity index (χ4v) is 4.50. The van der Waals surface area contributed by atoms with Crippen LogP contribution in [-0.2, 0) is 6.18 Å². The lowest BCUT2D eigenvalue weighted by Gasteiger charge is -2.17. The second-order valence-electron chi connectivity index (χ2n) is 9.50. The molecule has 5 rings (SSSR count). The molecule has 0 aliphatic carbocycles. The second-order valence-corrected chi connectivity index (χ2v) is 9.50. The molecular formula is C31H21F4N3O4. The van der Waals surface area contributed by atoms with E-state index in [0.717, 1.165) is 24.3 Å². The zero-order valence-corrected chi connectivity index (χ0v) is 21.8. The molecular weight excluding hydrogens is 554 g/mol. The summed E-state index contributed by atoms with van der Waals surface area (Å²) in [6, 6.07) is 17.7. The average molecular weight is 576 g/mol. The highest BCUT2D eigenvalue weighted by Gasteiger charge is 2.30. The summed E-state index contributed by atoms with van der Waals surface area (Å²) in [5, 5.41) is 12.0. The van der Waals surface area contributed by atoms with Gasteiger partial charge in [-0.05, 0) is 72.1 Å². The summed E-state index contributed by atoms with van der Waals surface area (Å²) in [7, 11) is 0. The Morgan fingerprint density at radius 1 is 0.857 bits per heavy atom. The Balaban J connectivity index is 1.57. The topological polar surface area (TPSA) is 101 Å². The molecule has 7 nitrogen and oxygen atoms in total. The Bertz CT molecular complexity index is 1830. The van der Waals surface area contributed by atoms with Crippen LogP contribution in [0.25, 0.3) is 16.8 Å². The normalized spacial score (nSPS) is 12.2. The molecule has 0 radical (unpaired) electrons. The number of carboxylic acid groups (broad SMARTS) is 1. The molecule has 2 aromatic heterocycles. The number of hydrogen-bond acceptors (Lipinski definition) is 4. The molecule has 0 aliphatic rings. The number of carbonyl (C=O) groups is 3. The Hall–Kier alpha value is -5.32. The monoisotopic (exact) mass is 575 g/mol. The highest BCUT2D eigenvalue weighted by Crippen LogP contribution is 2.30. The van der Waals surface area contributed by atoms with Crippen LogP contribution in [0.3, 0.4) is 0 Å². The van der Waals surface area contributed by atoms with Crippen molar-refractivity contribution < 1.29 is 37.1 Å². The summed E-state index contributed by atoms with van der Waals surface area (Å²) >= 11 is 0. The Labute approximate surface area is 236 Å². The molecule has 3 aromatic carbocycles. The van der Waals surface area contributed by atoms with Gasteiger partial charge in [0.2, 0.25) is 5.78 Å². The van der Waals surface area contributed by atoms with E-state index < -0.39 is 41.3 Å². The number of aromatic carboxylic acids is 1. The highest BCUT2D eigenvalue weighted by molar-refractivity contribution is 6.09. The number of fused-ring (bicyclic) bond motifs is 1. The molecule has 0 unspecified atom stereocenters. The van der Waals surface area contributed by atoms with Gasteiger partial charge in [-0.3, -0.25) is 14.0 Å². The maximum Gasteiger partial charge on any atom is 0.416 e. The molecule has 5 aromatic rings. The Morgan fingerprint density at radius 2 is 1.52 bits per heavy atom. The van der Waals surface area contributed by atoms with Crippen LogP contribution in [0.2, 0.25) is 0 Å². The quantitative estimate of drug-likeness (QED) is 0.169. The van der Waals surface area contributed by atoms with E-state index in [1.807, 2.05) is 0 Å². The van der Waals surface area contributed by atoms with Crippen molar-refractivity contribution in [3.05, 3.63) is 131 Å². The number of nitrogens with one attached hydrogen (secondary N) is 1. The van der Waals surface area contributed by atoms with Gasteiger partial charge in [-0.15, -0.1) is 0 Å². The molecule has 0 saturated carbocycles. The van der Waals surface area contributed by atoms with Crippen LogP contribution in [0.4, 0.5) is 17.6 Å². The van der Waals surface area contributed by atoms with E-state index in [4.69, 9.17) is 5.11 Å². The zero-order valence-electron chi connectivity index (χ0n) is 21.8. The third-order valence-corrected chi connectivity index (χ3v) is 6.71. The van der Waals surface area contributed by atoms with E-state index in [1.165, 1.54) is 47.0 Å². The number of alkyl halides is 3. The van der Waals surface area contributed by atoms with Crippen LogP contribution in [0, 0.1) is 5.82 Å². The van der Waals surface area contributed by atoms with Crippen molar-refractivity contribution in [2.24, 2.45) is 0 Å². The number of aromatic nitrogens is 2. The molecule has 2 N–H and O–H groups in total. The van der Waals surface area contributed by atoms with E-state index in [-0.39, 0.29) is 28.2 Å². The van der Waals surface area contributed by atoms with Crippen LogP contribution >= 0.6 is 0 Å². The fourth-order valence-electron chi connectivity index (χ4n) is 4.50. The molecule has 1 amide bonds. The van der Waals surface area contributed by atoms with Gasteiger partial charge in [0.1, 0.15) is 22.9 Å². The van der Waals surface area contributed by atoms with Gasteiger partial charge in [-0.25, -0.2) is 14.2 Å². The van der Waals surface area contributed by atoms with Crippen molar-refractivity contribution in [2.45, 2.75) is 19.1 Å². The van der Waals surface area contributed by atoms with Gasteiger partial charge < -0.3 is 10.4 Å². The van der Waals surface area contributed by atoms with Gasteiger partial charge in [-0.1, -0.05) is 36.4 Å². The van der Waals surface area contributed by atoms with Gasteiger partial charge in [0.05, 0.1) is 23.4 Å².